The second kappa shape index (κ2) is 13.3. The minimum atomic E-state index is -1.55. The summed E-state index contributed by atoms with van der Waals surface area (Å²) < 4.78 is 4.78. The number of fused-ring (bicyclic) bond motifs is 2. The average Bonchev–Trinajstić information content (AvgIpc) is 3.48. The Labute approximate surface area is 233 Å². The highest BCUT2D eigenvalue weighted by atomic mass is 16.6. The third kappa shape index (κ3) is 6.86. The smallest absolute Gasteiger partial charge is 0.335 e. The van der Waals surface area contributed by atoms with Gasteiger partial charge in [-0.25, -0.2) is 14.4 Å². The zero-order chi connectivity index (χ0) is 29.5. The summed E-state index contributed by atoms with van der Waals surface area (Å²) in [7, 11) is 1.57. The lowest BCUT2D eigenvalue weighted by molar-refractivity contribution is -0.113. The first-order valence-corrected chi connectivity index (χ1v) is 12.5. The highest BCUT2D eigenvalue weighted by molar-refractivity contribution is 5.96. The van der Waals surface area contributed by atoms with E-state index in [-0.39, 0.29) is 12.1 Å². The summed E-state index contributed by atoms with van der Waals surface area (Å²) in [4.78, 5) is 20.4. The lowest BCUT2D eigenvalue weighted by atomic mass is 10.0. The van der Waals surface area contributed by atoms with Gasteiger partial charge in [-0.2, -0.15) is 0 Å². The van der Waals surface area contributed by atoms with Crippen LogP contribution in [0.3, 0.4) is 0 Å². The molecule has 0 unspecified atom stereocenters. The van der Waals surface area contributed by atoms with E-state index < -0.39 is 37.0 Å². The Balaban J connectivity index is 0.000000254. The number of aromatic carboxylic acids is 1. The third-order valence-corrected chi connectivity index (χ3v) is 6.28. The van der Waals surface area contributed by atoms with Crippen LogP contribution in [0.4, 0.5) is 0 Å². The molecule has 5 rings (SSSR count). The number of carboxylic acids is 1. The summed E-state index contributed by atoms with van der Waals surface area (Å²) in [6.07, 6.45) is -3.92. The van der Waals surface area contributed by atoms with Gasteiger partial charge in [0.15, 0.2) is 0 Å². The number of rotatable bonds is 9. The number of carboxylic acid groups (broad SMARTS) is 1. The zero-order valence-corrected chi connectivity index (χ0v) is 21.9. The molecule has 3 aromatic heterocycles. The molecule has 0 amide bonds. The summed E-state index contributed by atoms with van der Waals surface area (Å²) in [6, 6.07) is 18.0. The molecule has 0 spiro atoms. The zero-order valence-electron chi connectivity index (χ0n) is 21.9. The summed E-state index contributed by atoms with van der Waals surface area (Å²) in [6.45, 7) is -0.569. The number of hydrogen-bond acceptors (Lipinski definition) is 12. The largest absolute Gasteiger partial charge is 0.478 e. The molecular weight excluding hydrogens is 534 g/mol. The van der Waals surface area contributed by atoms with Crippen molar-refractivity contribution >= 4 is 27.9 Å². The topological polar surface area (TPSA) is 215 Å². The molecule has 3 heterocycles. The van der Waals surface area contributed by atoms with Crippen LogP contribution in [-0.4, -0.2) is 102 Å². The number of nitrogens with one attached hydrogen (secondary N) is 1. The van der Waals surface area contributed by atoms with E-state index in [0.29, 0.717) is 16.7 Å². The van der Waals surface area contributed by atoms with E-state index in [2.05, 4.69) is 20.6 Å². The molecule has 4 atom stereocenters. The fourth-order valence-electron chi connectivity index (χ4n) is 4.04. The van der Waals surface area contributed by atoms with Crippen molar-refractivity contribution in [3.63, 3.8) is 0 Å². The minimum Gasteiger partial charge on any atom is -0.478 e. The van der Waals surface area contributed by atoms with E-state index in [0.717, 1.165) is 27.7 Å². The Bertz CT molecular complexity index is 1610. The van der Waals surface area contributed by atoms with E-state index >= 15 is 0 Å². The van der Waals surface area contributed by atoms with Gasteiger partial charge in [0.05, 0.1) is 35.2 Å². The lowest BCUT2D eigenvalue weighted by Crippen LogP contribution is -2.48. The van der Waals surface area contributed by atoms with Crippen molar-refractivity contribution < 1.29 is 40.1 Å². The van der Waals surface area contributed by atoms with Gasteiger partial charge >= 0.3 is 5.97 Å². The van der Waals surface area contributed by atoms with Gasteiger partial charge in [-0.15, -0.1) is 0 Å². The molecule has 0 bridgehead atoms. The van der Waals surface area contributed by atoms with Crippen LogP contribution in [0.1, 0.15) is 10.4 Å². The first-order valence-electron chi connectivity index (χ1n) is 12.5. The lowest BCUT2D eigenvalue weighted by Gasteiger charge is -2.25. The molecule has 0 radical (unpaired) electrons. The summed E-state index contributed by atoms with van der Waals surface area (Å²) >= 11 is 0. The molecule has 41 heavy (non-hydrogen) atoms. The van der Waals surface area contributed by atoms with E-state index in [1.807, 2.05) is 36.4 Å². The molecule has 0 aliphatic carbocycles. The molecule has 7 N–H and O–H groups in total. The molecule has 0 aliphatic heterocycles. The first-order chi connectivity index (χ1) is 19.7. The van der Waals surface area contributed by atoms with Crippen LogP contribution < -0.4 is 5.32 Å². The van der Waals surface area contributed by atoms with Crippen molar-refractivity contribution in [2.24, 2.45) is 0 Å². The van der Waals surface area contributed by atoms with Crippen LogP contribution in [0.5, 0.6) is 0 Å². The number of carbonyl (C=O) groups is 1. The Morgan fingerprint density at radius 3 is 2.27 bits per heavy atom. The van der Waals surface area contributed by atoms with Gasteiger partial charge in [-0.1, -0.05) is 24.3 Å². The van der Waals surface area contributed by atoms with Crippen molar-refractivity contribution in [3.8, 4) is 22.5 Å². The molecule has 0 fully saturated rings. The Kier molecular flexibility index (Phi) is 9.62. The standard InChI is InChI=1S/C21H12N4O3.C7H17NO5/c26-21(27)13-5-3-12(4-6-13)17-10-14-2-1-9-22-19(14)20(23-17)15-7-8-16-18(11-15)25-28-24-16;1-8-2-4(10)6(12)7(13)5(11)3-9/h1-11H,(H,26,27);4-13H,2-3H2,1H3/t;4-,5+,6+,7+/m.0/s1. The average molecular weight is 564 g/mol. The van der Waals surface area contributed by atoms with Gasteiger partial charge in [0.1, 0.15) is 29.3 Å². The number of likely N-dealkylation sites (N-methyl/N-ethyl adjacent to an activating group) is 1. The van der Waals surface area contributed by atoms with E-state index in [1.54, 1.807) is 37.5 Å². The van der Waals surface area contributed by atoms with Crippen LogP contribution >= 0.6 is 0 Å². The van der Waals surface area contributed by atoms with E-state index in [1.165, 1.54) is 0 Å². The predicted molar refractivity (Wildman–Crippen MR) is 148 cm³/mol. The molecule has 13 nitrogen and oxygen atoms in total. The van der Waals surface area contributed by atoms with Gasteiger partial charge in [0.2, 0.25) is 0 Å². The second-order valence-corrected chi connectivity index (χ2v) is 9.14. The third-order valence-electron chi connectivity index (χ3n) is 6.28. The van der Waals surface area contributed by atoms with Gasteiger partial charge in [0.25, 0.3) is 0 Å². The fraction of sp³-hybridized carbons (Fsp3) is 0.250. The predicted octanol–water partition coefficient (Wildman–Crippen LogP) is 0.840. The molecule has 13 heteroatoms. The number of aliphatic hydroxyl groups is 5. The molecule has 0 aliphatic rings. The van der Waals surface area contributed by atoms with Gasteiger partial charge < -0.3 is 36.0 Å². The normalized spacial score (nSPS) is 14.2. The molecule has 0 saturated carbocycles. The number of pyridine rings is 2. The Morgan fingerprint density at radius 1 is 0.902 bits per heavy atom. The van der Waals surface area contributed by atoms with Gasteiger partial charge in [-0.3, -0.25) is 4.98 Å². The second-order valence-electron chi connectivity index (χ2n) is 9.14. The van der Waals surface area contributed by atoms with Crippen molar-refractivity contribution in [1.29, 1.82) is 0 Å². The Morgan fingerprint density at radius 2 is 1.59 bits per heavy atom. The molecule has 214 valence electrons. The maximum absolute atomic E-state index is 11.1. The maximum Gasteiger partial charge on any atom is 0.335 e. The highest BCUT2D eigenvalue weighted by Crippen LogP contribution is 2.31. The van der Waals surface area contributed by atoms with Crippen molar-refractivity contribution in [3.05, 3.63) is 72.4 Å². The maximum atomic E-state index is 11.1. The van der Waals surface area contributed by atoms with Gasteiger partial charge in [0, 0.05) is 29.3 Å². The molecule has 2 aromatic carbocycles. The monoisotopic (exact) mass is 563 g/mol. The van der Waals surface area contributed by atoms with Crippen molar-refractivity contribution in [2.45, 2.75) is 24.4 Å². The van der Waals surface area contributed by atoms with E-state index in [4.69, 9.17) is 35.1 Å². The van der Waals surface area contributed by atoms with Gasteiger partial charge in [-0.05, 0) is 53.8 Å². The Hall–Kier alpha value is -4.37. The van der Waals surface area contributed by atoms with Crippen LogP contribution in [-0.2, 0) is 0 Å². The minimum absolute atomic E-state index is 0.0936. The summed E-state index contributed by atoms with van der Waals surface area (Å²) in [5.41, 5.74) is 5.41. The fourth-order valence-corrected chi connectivity index (χ4v) is 4.04. The van der Waals surface area contributed by atoms with Crippen molar-refractivity contribution in [1.82, 2.24) is 25.6 Å². The molecule has 5 aromatic rings. The van der Waals surface area contributed by atoms with Crippen LogP contribution in [0.15, 0.2) is 71.5 Å². The number of nitrogens with zero attached hydrogens (tertiary/aromatic N) is 4. The summed E-state index contributed by atoms with van der Waals surface area (Å²) in [5, 5.41) is 65.3. The molecule has 0 saturated heterocycles. The number of aromatic nitrogens is 4. The quantitative estimate of drug-likeness (QED) is 0.132. The number of benzene rings is 2. The molecular formula is C28H29N5O8. The van der Waals surface area contributed by atoms with Crippen LogP contribution in [0, 0.1) is 0 Å². The van der Waals surface area contributed by atoms with E-state index in [9.17, 15) is 9.90 Å². The van der Waals surface area contributed by atoms with Crippen LogP contribution in [0.2, 0.25) is 0 Å². The highest BCUT2D eigenvalue weighted by Gasteiger charge is 2.29. The number of hydrogen-bond donors (Lipinski definition) is 7. The van der Waals surface area contributed by atoms with Crippen molar-refractivity contribution in [2.75, 3.05) is 20.2 Å². The SMILES string of the molecule is CNC[C@H](O)[C@@H](O)[C@H](O)[C@H](O)CO.O=C(O)c1ccc(-c2cc3cccnc3c(-c3ccc4nonc4c3)n2)cc1. The first kappa shape index (κ1) is 29.6. The summed E-state index contributed by atoms with van der Waals surface area (Å²) in [5.74, 6) is -0.961. The number of aliphatic hydroxyl groups excluding tert-OH is 5. The van der Waals surface area contributed by atoms with Crippen LogP contribution in [0.25, 0.3) is 44.5 Å².